The first-order valence-corrected chi connectivity index (χ1v) is 5.23. The van der Waals surface area contributed by atoms with Crippen LogP contribution in [-0.4, -0.2) is 33.6 Å². The van der Waals surface area contributed by atoms with Crippen molar-refractivity contribution in [3.8, 4) is 28.8 Å². The molecule has 2 rings (SSSR count). The number of hydrogen-bond donors (Lipinski definition) is 1. The minimum Gasteiger partial charge on any atom is -0.503 e. The van der Waals surface area contributed by atoms with E-state index in [1.807, 2.05) is 0 Å². The number of aromatic nitrogens is 3. The van der Waals surface area contributed by atoms with Crippen molar-refractivity contribution in [1.29, 1.82) is 0 Å². The normalized spacial score (nSPS) is 10.8. The van der Waals surface area contributed by atoms with Gasteiger partial charge in [0, 0.05) is 24.9 Å². The molecule has 0 amide bonds. The quantitative estimate of drug-likeness (QED) is 0.918. The van der Waals surface area contributed by atoms with E-state index in [4.69, 9.17) is 4.74 Å². The van der Waals surface area contributed by atoms with Crippen LogP contribution in [0.1, 0.15) is 0 Å². The fourth-order valence-electron chi connectivity index (χ4n) is 1.53. The van der Waals surface area contributed by atoms with Gasteiger partial charge in [-0.15, -0.1) is 0 Å². The number of halogens is 2. The van der Waals surface area contributed by atoms with Crippen molar-refractivity contribution in [3.05, 3.63) is 18.3 Å². The van der Waals surface area contributed by atoms with Gasteiger partial charge in [-0.05, 0) is 6.07 Å². The molecule has 102 valence electrons. The highest BCUT2D eigenvalue weighted by Gasteiger charge is 2.14. The van der Waals surface area contributed by atoms with Gasteiger partial charge in [-0.25, -0.2) is 9.67 Å². The molecule has 2 heterocycles. The molecule has 8 heteroatoms. The van der Waals surface area contributed by atoms with E-state index in [0.717, 1.165) is 0 Å². The fraction of sp³-hybridized carbons (Fsp3) is 0.273. The van der Waals surface area contributed by atoms with Crippen LogP contribution in [0.15, 0.2) is 18.3 Å². The summed E-state index contributed by atoms with van der Waals surface area (Å²) < 4.78 is 34.5. The SMILES string of the molecule is COc1ncc(-c2cc(OC(F)F)n(C)n2)cc1O. The predicted molar refractivity (Wildman–Crippen MR) is 61.3 cm³/mol. The van der Waals surface area contributed by atoms with Crippen LogP contribution in [0, 0.1) is 0 Å². The molecule has 0 atom stereocenters. The van der Waals surface area contributed by atoms with Crippen LogP contribution >= 0.6 is 0 Å². The lowest BCUT2D eigenvalue weighted by Gasteiger charge is -2.02. The van der Waals surface area contributed by atoms with Crippen molar-refractivity contribution >= 4 is 0 Å². The Hall–Kier alpha value is -2.38. The van der Waals surface area contributed by atoms with Crippen molar-refractivity contribution in [3.63, 3.8) is 0 Å². The molecule has 2 aromatic heterocycles. The molecular formula is C11H11F2N3O3. The highest BCUT2D eigenvalue weighted by Crippen LogP contribution is 2.30. The predicted octanol–water partition coefficient (Wildman–Crippen LogP) is 1.80. The van der Waals surface area contributed by atoms with Crippen LogP contribution in [0.2, 0.25) is 0 Å². The minimum atomic E-state index is -2.93. The maximum Gasteiger partial charge on any atom is 0.388 e. The smallest absolute Gasteiger partial charge is 0.388 e. The summed E-state index contributed by atoms with van der Waals surface area (Å²) in [6.45, 7) is -2.93. The number of methoxy groups -OCH3 is 1. The van der Waals surface area contributed by atoms with E-state index in [1.54, 1.807) is 0 Å². The number of pyridine rings is 1. The zero-order valence-corrected chi connectivity index (χ0v) is 10.2. The first-order chi connectivity index (χ1) is 9.01. The third-order valence-corrected chi connectivity index (χ3v) is 2.37. The molecule has 0 saturated heterocycles. The first kappa shape index (κ1) is 13.1. The maximum atomic E-state index is 12.1. The molecular weight excluding hydrogens is 260 g/mol. The second kappa shape index (κ2) is 5.09. The summed E-state index contributed by atoms with van der Waals surface area (Å²) in [5.74, 6) is -0.175. The Morgan fingerprint density at radius 3 is 2.68 bits per heavy atom. The van der Waals surface area contributed by atoms with E-state index in [0.29, 0.717) is 11.3 Å². The number of rotatable bonds is 4. The molecule has 0 aliphatic rings. The Morgan fingerprint density at radius 1 is 1.37 bits per heavy atom. The van der Waals surface area contributed by atoms with Crippen LogP contribution in [0.4, 0.5) is 8.78 Å². The van der Waals surface area contributed by atoms with Crippen molar-refractivity contribution in [2.24, 2.45) is 7.05 Å². The molecule has 0 aromatic carbocycles. The molecule has 0 unspecified atom stereocenters. The van der Waals surface area contributed by atoms with E-state index in [-0.39, 0.29) is 17.5 Å². The zero-order chi connectivity index (χ0) is 14.0. The minimum absolute atomic E-state index is 0.0729. The lowest BCUT2D eigenvalue weighted by atomic mass is 10.2. The van der Waals surface area contributed by atoms with Crippen molar-refractivity contribution < 1.29 is 23.4 Å². The Kier molecular flexibility index (Phi) is 3.50. The number of aromatic hydroxyl groups is 1. The van der Waals surface area contributed by atoms with Crippen LogP contribution in [0.3, 0.4) is 0 Å². The van der Waals surface area contributed by atoms with Gasteiger partial charge in [0.15, 0.2) is 5.75 Å². The number of aryl methyl sites for hydroxylation is 1. The van der Waals surface area contributed by atoms with Crippen LogP contribution < -0.4 is 9.47 Å². The van der Waals surface area contributed by atoms with Crippen molar-refractivity contribution in [1.82, 2.24) is 14.8 Å². The number of hydrogen-bond acceptors (Lipinski definition) is 5. The zero-order valence-electron chi connectivity index (χ0n) is 10.2. The molecule has 1 N–H and O–H groups in total. The largest absolute Gasteiger partial charge is 0.503 e. The number of ether oxygens (including phenoxy) is 2. The third kappa shape index (κ3) is 2.72. The Bertz CT molecular complexity index is 587. The van der Waals surface area contributed by atoms with E-state index >= 15 is 0 Å². The van der Waals surface area contributed by atoms with E-state index in [2.05, 4.69) is 14.8 Å². The summed E-state index contributed by atoms with van der Waals surface area (Å²) in [7, 11) is 2.84. The first-order valence-electron chi connectivity index (χ1n) is 5.23. The Labute approximate surface area is 107 Å². The fourth-order valence-corrected chi connectivity index (χ4v) is 1.53. The Balaban J connectivity index is 2.34. The summed E-state index contributed by atoms with van der Waals surface area (Å²) in [5, 5.41) is 13.6. The molecule has 0 bridgehead atoms. The molecule has 0 aliphatic carbocycles. The van der Waals surface area contributed by atoms with Crippen molar-refractivity contribution in [2.45, 2.75) is 6.61 Å². The molecule has 6 nitrogen and oxygen atoms in total. The van der Waals surface area contributed by atoms with Gasteiger partial charge in [-0.2, -0.15) is 13.9 Å². The molecule has 2 aromatic rings. The van der Waals surface area contributed by atoms with E-state index < -0.39 is 6.61 Å². The van der Waals surface area contributed by atoms with Crippen molar-refractivity contribution in [2.75, 3.05) is 7.11 Å². The van der Waals surface area contributed by atoms with Gasteiger partial charge in [0.25, 0.3) is 5.88 Å². The summed E-state index contributed by atoms with van der Waals surface area (Å²) in [6, 6.07) is 2.70. The Morgan fingerprint density at radius 2 is 2.11 bits per heavy atom. The lowest BCUT2D eigenvalue weighted by Crippen LogP contribution is -2.05. The van der Waals surface area contributed by atoms with E-state index in [9.17, 15) is 13.9 Å². The standard InChI is InChI=1S/C11H11F2N3O3/c1-16-9(19-11(12)13)4-7(15-16)6-3-8(17)10(18-2)14-5-6/h3-5,11,17H,1-2H3. The van der Waals surface area contributed by atoms with Gasteiger partial charge in [0.2, 0.25) is 5.88 Å². The molecule has 0 spiro atoms. The van der Waals surface area contributed by atoms with Crippen LogP contribution in [0.5, 0.6) is 17.5 Å². The molecule has 19 heavy (non-hydrogen) atoms. The highest BCUT2D eigenvalue weighted by atomic mass is 19.3. The summed E-state index contributed by atoms with van der Waals surface area (Å²) in [6.07, 6.45) is 1.41. The second-order valence-corrected chi connectivity index (χ2v) is 3.62. The molecule has 0 aliphatic heterocycles. The topological polar surface area (TPSA) is 69.4 Å². The highest BCUT2D eigenvalue weighted by molar-refractivity contribution is 5.62. The molecule has 0 saturated carbocycles. The van der Waals surface area contributed by atoms with Crippen LogP contribution in [-0.2, 0) is 7.05 Å². The van der Waals surface area contributed by atoms with Gasteiger partial charge in [0.1, 0.15) is 0 Å². The lowest BCUT2D eigenvalue weighted by molar-refractivity contribution is -0.0553. The van der Waals surface area contributed by atoms with Gasteiger partial charge in [0.05, 0.1) is 12.8 Å². The average Bonchev–Trinajstić information content (AvgIpc) is 2.70. The summed E-state index contributed by atoms with van der Waals surface area (Å²) in [5.41, 5.74) is 0.807. The second-order valence-electron chi connectivity index (χ2n) is 3.62. The van der Waals surface area contributed by atoms with Gasteiger partial charge >= 0.3 is 6.61 Å². The number of nitrogens with zero attached hydrogens (tertiary/aromatic N) is 3. The molecule has 0 fully saturated rings. The number of alkyl halides is 2. The third-order valence-electron chi connectivity index (χ3n) is 2.37. The monoisotopic (exact) mass is 271 g/mol. The maximum absolute atomic E-state index is 12.1. The van der Waals surface area contributed by atoms with Gasteiger partial charge in [-0.3, -0.25) is 0 Å². The van der Waals surface area contributed by atoms with Crippen LogP contribution in [0.25, 0.3) is 11.3 Å². The molecule has 0 radical (unpaired) electrons. The average molecular weight is 271 g/mol. The van der Waals surface area contributed by atoms with E-state index in [1.165, 1.54) is 37.2 Å². The summed E-state index contributed by atoms with van der Waals surface area (Å²) >= 11 is 0. The summed E-state index contributed by atoms with van der Waals surface area (Å²) in [4.78, 5) is 3.86. The van der Waals surface area contributed by atoms with Gasteiger partial charge < -0.3 is 14.6 Å². The van der Waals surface area contributed by atoms with Gasteiger partial charge in [-0.1, -0.05) is 0 Å².